The zero-order chi connectivity index (χ0) is 15.0. The zero-order valence-electron chi connectivity index (χ0n) is 11.8. The van der Waals surface area contributed by atoms with Gasteiger partial charge in [0, 0.05) is 0 Å². The molecule has 110 valence electrons. The standard InChI is InChI=1S/C15H21NO3S/c1-3-4-10-20-11(2)14(17)16-13(15(18)19)12-8-6-5-7-9-12/h5-9,11,13H,3-4,10H2,1-2H3,(H,16,17)(H,18,19)/t11?,13-/m0/s1. The van der Waals surface area contributed by atoms with Gasteiger partial charge in [0.1, 0.15) is 0 Å². The third-order valence-corrected chi connectivity index (χ3v) is 4.14. The molecule has 0 aliphatic carbocycles. The third kappa shape index (κ3) is 5.25. The molecular formula is C15H21NO3S. The molecule has 1 unspecified atom stereocenters. The molecule has 0 radical (unpaired) electrons. The summed E-state index contributed by atoms with van der Waals surface area (Å²) in [6.45, 7) is 3.90. The molecule has 0 saturated heterocycles. The first-order valence-corrected chi connectivity index (χ1v) is 7.80. The van der Waals surface area contributed by atoms with Crippen LogP contribution < -0.4 is 5.32 Å². The Kier molecular flexibility index (Phi) is 7.15. The van der Waals surface area contributed by atoms with Gasteiger partial charge in [-0.3, -0.25) is 4.79 Å². The Bertz CT molecular complexity index is 436. The van der Waals surface area contributed by atoms with Gasteiger partial charge in [0.2, 0.25) is 5.91 Å². The zero-order valence-corrected chi connectivity index (χ0v) is 12.7. The average molecular weight is 295 g/mol. The Morgan fingerprint density at radius 1 is 1.30 bits per heavy atom. The van der Waals surface area contributed by atoms with E-state index in [1.165, 1.54) is 0 Å². The van der Waals surface area contributed by atoms with Crippen molar-refractivity contribution in [2.24, 2.45) is 0 Å². The Labute approximate surface area is 124 Å². The highest BCUT2D eigenvalue weighted by Crippen LogP contribution is 2.17. The van der Waals surface area contributed by atoms with Crippen LogP contribution in [0.4, 0.5) is 0 Å². The minimum absolute atomic E-state index is 0.234. The molecule has 1 aromatic rings. The summed E-state index contributed by atoms with van der Waals surface area (Å²) in [5.41, 5.74) is 0.583. The molecule has 0 saturated carbocycles. The number of benzene rings is 1. The number of aliphatic carboxylic acids is 1. The van der Waals surface area contributed by atoms with Crippen LogP contribution in [-0.4, -0.2) is 28.0 Å². The number of carboxylic acid groups (broad SMARTS) is 1. The first-order valence-electron chi connectivity index (χ1n) is 6.76. The lowest BCUT2D eigenvalue weighted by Gasteiger charge is -2.18. The van der Waals surface area contributed by atoms with Crippen LogP contribution in [0, 0.1) is 0 Å². The smallest absolute Gasteiger partial charge is 0.330 e. The van der Waals surface area contributed by atoms with Crippen molar-refractivity contribution in [3.63, 3.8) is 0 Å². The molecule has 4 nitrogen and oxygen atoms in total. The molecule has 0 heterocycles. The average Bonchev–Trinajstić information content (AvgIpc) is 2.45. The highest BCUT2D eigenvalue weighted by Gasteiger charge is 2.24. The number of nitrogens with one attached hydrogen (secondary N) is 1. The van der Waals surface area contributed by atoms with Crippen molar-refractivity contribution in [2.45, 2.75) is 38.0 Å². The maximum atomic E-state index is 12.0. The van der Waals surface area contributed by atoms with Crippen LogP contribution >= 0.6 is 11.8 Å². The van der Waals surface area contributed by atoms with Crippen LogP contribution in [0.25, 0.3) is 0 Å². The number of unbranched alkanes of at least 4 members (excludes halogenated alkanes) is 1. The van der Waals surface area contributed by atoms with Gasteiger partial charge in [-0.1, -0.05) is 43.7 Å². The monoisotopic (exact) mass is 295 g/mol. The summed E-state index contributed by atoms with van der Waals surface area (Å²) in [4.78, 5) is 23.3. The molecule has 0 aromatic heterocycles. The topological polar surface area (TPSA) is 66.4 Å². The third-order valence-electron chi connectivity index (χ3n) is 2.90. The van der Waals surface area contributed by atoms with Crippen LogP contribution in [0.2, 0.25) is 0 Å². The van der Waals surface area contributed by atoms with Gasteiger partial charge in [-0.2, -0.15) is 0 Å². The van der Waals surface area contributed by atoms with E-state index in [2.05, 4.69) is 12.2 Å². The van der Waals surface area contributed by atoms with E-state index in [1.54, 1.807) is 43.0 Å². The quantitative estimate of drug-likeness (QED) is 0.724. The summed E-state index contributed by atoms with van der Waals surface area (Å²) in [6.07, 6.45) is 2.15. The Hall–Kier alpha value is -1.49. The summed E-state index contributed by atoms with van der Waals surface area (Å²) in [5, 5.41) is 11.6. The van der Waals surface area contributed by atoms with E-state index in [4.69, 9.17) is 0 Å². The molecule has 2 atom stereocenters. The van der Waals surface area contributed by atoms with E-state index < -0.39 is 12.0 Å². The second-order valence-electron chi connectivity index (χ2n) is 4.56. The molecule has 20 heavy (non-hydrogen) atoms. The highest BCUT2D eigenvalue weighted by atomic mass is 32.2. The predicted molar refractivity (Wildman–Crippen MR) is 81.8 cm³/mol. The second kappa shape index (κ2) is 8.64. The molecule has 0 fully saturated rings. The van der Waals surface area contributed by atoms with Gasteiger partial charge in [0.25, 0.3) is 0 Å². The van der Waals surface area contributed by atoms with Crippen LogP contribution in [0.1, 0.15) is 38.3 Å². The fourth-order valence-corrected chi connectivity index (χ4v) is 2.70. The lowest BCUT2D eigenvalue weighted by Crippen LogP contribution is -2.38. The van der Waals surface area contributed by atoms with Crippen molar-refractivity contribution < 1.29 is 14.7 Å². The maximum absolute atomic E-state index is 12.0. The van der Waals surface area contributed by atoms with Crippen LogP contribution in [0.15, 0.2) is 30.3 Å². The lowest BCUT2D eigenvalue weighted by atomic mass is 10.1. The van der Waals surface area contributed by atoms with E-state index in [1.807, 2.05) is 6.07 Å². The molecule has 2 N–H and O–H groups in total. The predicted octanol–water partition coefficient (Wildman–Crippen LogP) is 2.85. The van der Waals surface area contributed by atoms with E-state index in [9.17, 15) is 14.7 Å². The van der Waals surface area contributed by atoms with Gasteiger partial charge >= 0.3 is 5.97 Å². The molecule has 1 amide bonds. The van der Waals surface area contributed by atoms with Gasteiger partial charge in [0.15, 0.2) is 6.04 Å². The fraction of sp³-hybridized carbons (Fsp3) is 0.467. The van der Waals surface area contributed by atoms with Crippen LogP contribution in [0.3, 0.4) is 0 Å². The second-order valence-corrected chi connectivity index (χ2v) is 6.01. The Morgan fingerprint density at radius 2 is 1.95 bits per heavy atom. The maximum Gasteiger partial charge on any atom is 0.330 e. The van der Waals surface area contributed by atoms with Crippen LogP contribution in [-0.2, 0) is 9.59 Å². The SMILES string of the molecule is CCCCSC(C)C(=O)N[C@H](C(=O)O)c1ccccc1. The largest absolute Gasteiger partial charge is 0.479 e. The van der Waals surface area contributed by atoms with Gasteiger partial charge < -0.3 is 10.4 Å². The van der Waals surface area contributed by atoms with Crippen molar-refractivity contribution in [2.75, 3.05) is 5.75 Å². The summed E-state index contributed by atoms with van der Waals surface area (Å²) in [7, 11) is 0. The summed E-state index contributed by atoms with van der Waals surface area (Å²) in [6, 6.07) is 7.75. The van der Waals surface area contributed by atoms with E-state index in [-0.39, 0.29) is 11.2 Å². The molecule has 0 aliphatic rings. The number of carbonyl (C=O) groups is 2. The van der Waals surface area contributed by atoms with Gasteiger partial charge in [-0.05, 0) is 24.7 Å². The number of rotatable bonds is 8. The van der Waals surface area contributed by atoms with Crippen molar-refractivity contribution in [1.29, 1.82) is 0 Å². The summed E-state index contributed by atoms with van der Waals surface area (Å²) in [5.74, 6) is -0.369. The summed E-state index contributed by atoms with van der Waals surface area (Å²) < 4.78 is 0. The first kappa shape index (κ1) is 16.6. The molecular weight excluding hydrogens is 274 g/mol. The number of hydrogen-bond donors (Lipinski definition) is 2. The minimum Gasteiger partial charge on any atom is -0.479 e. The van der Waals surface area contributed by atoms with E-state index >= 15 is 0 Å². The summed E-state index contributed by atoms with van der Waals surface area (Å²) >= 11 is 1.55. The van der Waals surface area contributed by atoms with E-state index in [0.717, 1.165) is 18.6 Å². The van der Waals surface area contributed by atoms with Gasteiger partial charge in [-0.15, -0.1) is 11.8 Å². The normalized spacial score (nSPS) is 13.5. The molecule has 0 bridgehead atoms. The highest BCUT2D eigenvalue weighted by molar-refractivity contribution is 8.00. The van der Waals surface area contributed by atoms with Crippen molar-refractivity contribution in [3.8, 4) is 0 Å². The van der Waals surface area contributed by atoms with Crippen molar-refractivity contribution in [1.82, 2.24) is 5.32 Å². The van der Waals surface area contributed by atoms with Crippen molar-refractivity contribution >= 4 is 23.6 Å². The number of amides is 1. The molecule has 1 rings (SSSR count). The van der Waals surface area contributed by atoms with Gasteiger partial charge in [-0.25, -0.2) is 4.79 Å². The first-order chi connectivity index (χ1) is 9.56. The van der Waals surface area contributed by atoms with Crippen LogP contribution in [0.5, 0.6) is 0 Å². The number of carboxylic acids is 1. The van der Waals surface area contributed by atoms with Crippen molar-refractivity contribution in [3.05, 3.63) is 35.9 Å². The van der Waals surface area contributed by atoms with Gasteiger partial charge in [0.05, 0.1) is 5.25 Å². The molecule has 0 aliphatic heterocycles. The molecule has 1 aromatic carbocycles. The minimum atomic E-state index is -1.05. The molecule has 5 heteroatoms. The Balaban J connectivity index is 2.62. The van der Waals surface area contributed by atoms with E-state index in [0.29, 0.717) is 5.56 Å². The number of hydrogen-bond acceptors (Lipinski definition) is 3. The Morgan fingerprint density at radius 3 is 2.50 bits per heavy atom. The number of carbonyl (C=O) groups excluding carboxylic acids is 1. The molecule has 0 spiro atoms. The fourth-order valence-electron chi connectivity index (χ4n) is 1.67. The lowest BCUT2D eigenvalue weighted by molar-refractivity contribution is -0.141. The number of thioether (sulfide) groups is 1.